The van der Waals surface area contributed by atoms with Crippen LogP contribution in [0, 0.1) is 0 Å². The normalized spacial score (nSPS) is 11.4. The zero-order chi connectivity index (χ0) is 13.8. The van der Waals surface area contributed by atoms with Crippen molar-refractivity contribution in [2.45, 2.75) is 46.0 Å². The molecule has 0 spiro atoms. The fourth-order valence-electron chi connectivity index (χ4n) is 1.74. The van der Waals surface area contributed by atoms with E-state index in [1.807, 2.05) is 13.8 Å². The number of nitrogens with zero attached hydrogens (tertiary/aromatic N) is 4. The minimum Gasteiger partial charge on any atom is -0.350 e. The van der Waals surface area contributed by atoms with Crippen LogP contribution in [0.2, 0.25) is 0 Å². The Labute approximate surface area is 116 Å². The second kappa shape index (κ2) is 6.10. The molecule has 7 heteroatoms. The number of amides is 1. The maximum Gasteiger partial charge on any atom is 0.282 e. The third-order valence-corrected chi connectivity index (χ3v) is 3.69. The number of rotatable bonds is 6. The quantitative estimate of drug-likeness (QED) is 0.824. The van der Waals surface area contributed by atoms with Crippen molar-refractivity contribution < 1.29 is 4.79 Å². The minimum atomic E-state index is -0.124. The molecule has 2 aromatic heterocycles. The van der Waals surface area contributed by atoms with Crippen LogP contribution < -0.4 is 5.32 Å². The Bertz CT molecular complexity index is 559. The molecule has 1 N–H and O–H groups in total. The van der Waals surface area contributed by atoms with E-state index in [-0.39, 0.29) is 11.8 Å². The van der Waals surface area contributed by atoms with Gasteiger partial charge in [-0.3, -0.25) is 4.79 Å². The van der Waals surface area contributed by atoms with Crippen LogP contribution in [-0.2, 0) is 0 Å². The smallest absolute Gasteiger partial charge is 0.282 e. The summed E-state index contributed by atoms with van der Waals surface area (Å²) >= 11 is 1.27. The van der Waals surface area contributed by atoms with Gasteiger partial charge in [-0.2, -0.15) is 4.52 Å². The van der Waals surface area contributed by atoms with Crippen LogP contribution >= 0.6 is 11.3 Å². The molecule has 0 saturated heterocycles. The number of carbonyl (C=O) groups excluding carboxylic acids is 1. The first-order valence-electron chi connectivity index (χ1n) is 6.63. The van der Waals surface area contributed by atoms with Gasteiger partial charge in [-0.25, -0.2) is 0 Å². The molecule has 0 saturated carbocycles. The van der Waals surface area contributed by atoms with Crippen LogP contribution in [-0.4, -0.2) is 32.3 Å². The lowest BCUT2D eigenvalue weighted by molar-refractivity contribution is 0.0951. The van der Waals surface area contributed by atoms with Crippen molar-refractivity contribution in [3.8, 4) is 0 Å². The van der Waals surface area contributed by atoms with Gasteiger partial charge in [0.05, 0.1) is 0 Å². The molecule has 0 atom stereocenters. The highest BCUT2D eigenvalue weighted by atomic mass is 32.1. The third-order valence-electron chi connectivity index (χ3n) is 2.79. The van der Waals surface area contributed by atoms with E-state index in [0.29, 0.717) is 16.5 Å². The van der Waals surface area contributed by atoms with Gasteiger partial charge in [0.1, 0.15) is 0 Å². The molecule has 0 aliphatic carbocycles. The zero-order valence-electron chi connectivity index (χ0n) is 11.5. The Morgan fingerprint density at radius 2 is 2.16 bits per heavy atom. The molecule has 2 rings (SSSR count). The summed E-state index contributed by atoms with van der Waals surface area (Å²) in [7, 11) is 0. The fourth-order valence-corrected chi connectivity index (χ4v) is 2.50. The van der Waals surface area contributed by atoms with Crippen LogP contribution in [0.15, 0.2) is 0 Å². The molecule has 0 fully saturated rings. The van der Waals surface area contributed by atoms with E-state index in [2.05, 4.69) is 27.5 Å². The minimum absolute atomic E-state index is 0.124. The average molecular weight is 281 g/mol. The van der Waals surface area contributed by atoms with E-state index in [1.54, 1.807) is 4.52 Å². The van der Waals surface area contributed by atoms with E-state index in [1.165, 1.54) is 11.3 Å². The summed E-state index contributed by atoms with van der Waals surface area (Å²) in [6.07, 6.45) is 3.27. The second-order valence-electron chi connectivity index (χ2n) is 4.78. The fraction of sp³-hybridized carbons (Fsp3) is 0.667. The lowest BCUT2D eigenvalue weighted by atomic mass is 10.2. The number of hydrogen-bond donors (Lipinski definition) is 1. The molecule has 0 aromatic carbocycles. The lowest BCUT2D eigenvalue weighted by Gasteiger charge is -2.01. The highest BCUT2D eigenvalue weighted by molar-refractivity contribution is 7.18. The Morgan fingerprint density at radius 1 is 1.37 bits per heavy atom. The highest BCUT2D eigenvalue weighted by Gasteiger charge is 2.17. The average Bonchev–Trinajstić information content (AvgIpc) is 2.93. The highest BCUT2D eigenvalue weighted by Crippen LogP contribution is 2.18. The van der Waals surface area contributed by atoms with Gasteiger partial charge in [-0.1, -0.05) is 44.9 Å². The van der Waals surface area contributed by atoms with Crippen molar-refractivity contribution in [1.82, 2.24) is 25.1 Å². The van der Waals surface area contributed by atoms with Crippen molar-refractivity contribution in [3.63, 3.8) is 0 Å². The Kier molecular flexibility index (Phi) is 4.47. The molecule has 0 unspecified atom stereocenters. The molecule has 104 valence electrons. The topological polar surface area (TPSA) is 72.2 Å². The van der Waals surface area contributed by atoms with E-state index in [4.69, 9.17) is 0 Å². The number of carbonyl (C=O) groups is 1. The molecular formula is C12H19N5OS. The van der Waals surface area contributed by atoms with Gasteiger partial charge in [0.25, 0.3) is 5.91 Å². The van der Waals surface area contributed by atoms with Crippen LogP contribution in [0.4, 0.5) is 0 Å². The van der Waals surface area contributed by atoms with Gasteiger partial charge >= 0.3 is 0 Å². The van der Waals surface area contributed by atoms with Crippen molar-refractivity contribution in [1.29, 1.82) is 0 Å². The van der Waals surface area contributed by atoms with E-state index < -0.39 is 0 Å². The van der Waals surface area contributed by atoms with Gasteiger partial charge < -0.3 is 5.32 Å². The van der Waals surface area contributed by atoms with Crippen LogP contribution in [0.3, 0.4) is 0 Å². The number of fused-ring (bicyclic) bond motifs is 1. The molecule has 1 amide bonds. The van der Waals surface area contributed by atoms with E-state index in [9.17, 15) is 4.79 Å². The van der Waals surface area contributed by atoms with Gasteiger partial charge in [0.2, 0.25) is 9.97 Å². The van der Waals surface area contributed by atoms with Crippen LogP contribution in [0.25, 0.3) is 4.96 Å². The van der Waals surface area contributed by atoms with Crippen molar-refractivity contribution in [2.24, 2.45) is 0 Å². The summed E-state index contributed by atoms with van der Waals surface area (Å²) in [4.78, 5) is 12.6. The predicted octanol–water partition coefficient (Wildman–Crippen LogP) is 2.23. The molecule has 0 radical (unpaired) electrons. The summed E-state index contributed by atoms with van der Waals surface area (Å²) in [6, 6.07) is 0. The van der Waals surface area contributed by atoms with E-state index >= 15 is 0 Å². The maximum absolute atomic E-state index is 11.9. The zero-order valence-corrected chi connectivity index (χ0v) is 12.3. The molecule has 19 heavy (non-hydrogen) atoms. The number of aromatic nitrogens is 4. The summed E-state index contributed by atoms with van der Waals surface area (Å²) in [6.45, 7) is 6.89. The van der Waals surface area contributed by atoms with Crippen LogP contribution in [0.1, 0.15) is 61.6 Å². The lowest BCUT2D eigenvalue weighted by Crippen LogP contribution is -2.24. The van der Waals surface area contributed by atoms with Crippen molar-refractivity contribution >= 4 is 22.2 Å². The molecule has 0 bridgehead atoms. The first-order chi connectivity index (χ1) is 9.13. The Morgan fingerprint density at radius 3 is 2.84 bits per heavy atom. The predicted molar refractivity (Wildman–Crippen MR) is 74.6 cm³/mol. The second-order valence-corrected chi connectivity index (χ2v) is 5.73. The summed E-state index contributed by atoms with van der Waals surface area (Å²) < 4.78 is 1.66. The molecule has 6 nitrogen and oxygen atoms in total. The molecular weight excluding hydrogens is 262 g/mol. The summed E-state index contributed by atoms with van der Waals surface area (Å²) in [5.41, 5.74) is 0. The van der Waals surface area contributed by atoms with Crippen molar-refractivity contribution in [3.05, 3.63) is 10.8 Å². The Hall–Kier alpha value is -1.50. The summed E-state index contributed by atoms with van der Waals surface area (Å²) in [5.74, 6) is 0.898. The van der Waals surface area contributed by atoms with Gasteiger partial charge in [-0.15, -0.1) is 15.3 Å². The molecule has 0 aliphatic heterocycles. The number of nitrogens with one attached hydrogen (secondary N) is 1. The maximum atomic E-state index is 11.9. The largest absolute Gasteiger partial charge is 0.350 e. The first-order valence-corrected chi connectivity index (χ1v) is 7.45. The number of unbranched alkanes of at least 4 members (excludes halogenated alkanes) is 2. The molecule has 2 aromatic rings. The van der Waals surface area contributed by atoms with E-state index in [0.717, 1.165) is 25.1 Å². The standard InChI is InChI=1S/C12H19N5OS/c1-4-5-6-7-13-10(18)11-16-17-9(8(2)3)14-15-12(17)19-11/h8H,4-7H2,1-3H3,(H,13,18). The number of hydrogen-bond acceptors (Lipinski definition) is 5. The van der Waals surface area contributed by atoms with Gasteiger partial charge in [0.15, 0.2) is 5.82 Å². The van der Waals surface area contributed by atoms with Gasteiger partial charge in [0, 0.05) is 12.5 Å². The van der Waals surface area contributed by atoms with Crippen molar-refractivity contribution in [2.75, 3.05) is 6.54 Å². The third kappa shape index (κ3) is 3.09. The molecule has 0 aliphatic rings. The summed E-state index contributed by atoms with van der Waals surface area (Å²) in [5, 5.41) is 15.7. The Balaban J connectivity index is 2.06. The monoisotopic (exact) mass is 281 g/mol. The SMILES string of the molecule is CCCCCNC(=O)c1nn2c(C(C)C)nnc2s1. The van der Waals surface area contributed by atoms with Gasteiger partial charge in [-0.05, 0) is 6.42 Å². The first kappa shape index (κ1) is 13.9. The molecule has 2 heterocycles. The van der Waals surface area contributed by atoms with Crippen LogP contribution in [0.5, 0.6) is 0 Å².